The molecule has 0 atom stereocenters. The molecule has 0 saturated heterocycles. The highest BCUT2D eigenvalue weighted by Gasteiger charge is 2.16. The van der Waals surface area contributed by atoms with E-state index in [4.69, 9.17) is 8.94 Å². The summed E-state index contributed by atoms with van der Waals surface area (Å²) in [7, 11) is -3.82. The van der Waals surface area contributed by atoms with Gasteiger partial charge in [-0.15, -0.1) is 0 Å². The lowest BCUT2D eigenvalue weighted by molar-refractivity contribution is 0.419. The minimum Gasteiger partial charge on any atom is -0.423 e. The molecule has 2 heterocycles. The average molecular weight is 411 g/mol. The predicted molar refractivity (Wildman–Crippen MR) is 107 cm³/mol. The third kappa shape index (κ3) is 3.90. The van der Waals surface area contributed by atoms with Crippen LogP contribution in [0.1, 0.15) is 25.6 Å². The second kappa shape index (κ2) is 7.17. The van der Waals surface area contributed by atoms with E-state index in [2.05, 4.69) is 14.9 Å². The second-order valence-electron chi connectivity index (χ2n) is 6.75. The number of hydrogen-bond acceptors (Lipinski definition) is 7. The van der Waals surface area contributed by atoms with E-state index in [0.717, 1.165) is 0 Å². The maximum Gasteiger partial charge on any atom is 0.336 e. The number of anilines is 1. The summed E-state index contributed by atoms with van der Waals surface area (Å²) in [6.45, 7) is 3.93. The van der Waals surface area contributed by atoms with Crippen molar-refractivity contribution in [2.45, 2.75) is 24.7 Å². The van der Waals surface area contributed by atoms with Crippen LogP contribution in [-0.4, -0.2) is 18.6 Å². The fourth-order valence-electron chi connectivity index (χ4n) is 2.70. The number of nitrogens with one attached hydrogen (secondary N) is 1. The van der Waals surface area contributed by atoms with Crippen molar-refractivity contribution in [3.05, 3.63) is 70.8 Å². The normalized spacial score (nSPS) is 11.8. The fraction of sp³-hybridized carbons (Fsp3) is 0.150. The molecular formula is C20H17N3O5S. The van der Waals surface area contributed by atoms with Gasteiger partial charge in [-0.1, -0.05) is 19.0 Å². The summed E-state index contributed by atoms with van der Waals surface area (Å²) in [5.41, 5.74) is 0.902. The van der Waals surface area contributed by atoms with Crippen LogP contribution in [0.3, 0.4) is 0 Å². The third-order valence-electron chi connectivity index (χ3n) is 4.24. The molecule has 0 spiro atoms. The van der Waals surface area contributed by atoms with Crippen LogP contribution in [0.4, 0.5) is 5.69 Å². The Balaban J connectivity index is 1.57. The van der Waals surface area contributed by atoms with Crippen LogP contribution in [0.25, 0.3) is 22.4 Å². The molecule has 0 saturated carbocycles. The van der Waals surface area contributed by atoms with E-state index in [0.29, 0.717) is 33.9 Å². The Bertz CT molecular complexity index is 1340. The van der Waals surface area contributed by atoms with E-state index in [1.54, 1.807) is 24.3 Å². The van der Waals surface area contributed by atoms with E-state index in [1.165, 1.54) is 30.3 Å². The highest BCUT2D eigenvalue weighted by atomic mass is 32.2. The maximum atomic E-state index is 12.7. The van der Waals surface area contributed by atoms with Gasteiger partial charge in [0.25, 0.3) is 15.9 Å². The van der Waals surface area contributed by atoms with Crippen molar-refractivity contribution in [2.75, 3.05) is 4.72 Å². The van der Waals surface area contributed by atoms with Crippen molar-refractivity contribution in [1.29, 1.82) is 0 Å². The van der Waals surface area contributed by atoms with Crippen LogP contribution >= 0.6 is 0 Å². The number of aromatic nitrogens is 2. The summed E-state index contributed by atoms with van der Waals surface area (Å²) >= 11 is 0. The van der Waals surface area contributed by atoms with E-state index >= 15 is 0 Å². The molecule has 148 valence electrons. The minimum atomic E-state index is -3.82. The molecule has 0 amide bonds. The molecular weight excluding hydrogens is 394 g/mol. The van der Waals surface area contributed by atoms with Crippen molar-refractivity contribution < 1.29 is 17.4 Å². The van der Waals surface area contributed by atoms with Gasteiger partial charge in [0.2, 0.25) is 0 Å². The number of hydrogen-bond donors (Lipinski definition) is 1. The Kier molecular flexibility index (Phi) is 4.67. The van der Waals surface area contributed by atoms with Gasteiger partial charge in [0.05, 0.1) is 4.90 Å². The first kappa shape index (κ1) is 18.9. The molecule has 29 heavy (non-hydrogen) atoms. The SMILES string of the molecule is CC(C)c1noc(-c2ccc(NS(=O)(=O)c3ccc4oc(=O)ccc4c3)cc2)n1. The summed E-state index contributed by atoms with van der Waals surface area (Å²) < 4.78 is 38.2. The lowest BCUT2D eigenvalue weighted by Gasteiger charge is -2.09. The number of benzene rings is 2. The highest BCUT2D eigenvalue weighted by Crippen LogP contribution is 2.24. The Morgan fingerprint density at radius 2 is 1.76 bits per heavy atom. The molecule has 2 aromatic heterocycles. The number of fused-ring (bicyclic) bond motifs is 1. The highest BCUT2D eigenvalue weighted by molar-refractivity contribution is 7.92. The quantitative estimate of drug-likeness (QED) is 0.497. The largest absolute Gasteiger partial charge is 0.423 e. The molecule has 2 aromatic carbocycles. The van der Waals surface area contributed by atoms with E-state index < -0.39 is 15.6 Å². The van der Waals surface area contributed by atoms with E-state index in [-0.39, 0.29) is 10.8 Å². The van der Waals surface area contributed by atoms with Crippen molar-refractivity contribution in [3.63, 3.8) is 0 Å². The van der Waals surface area contributed by atoms with E-state index in [9.17, 15) is 13.2 Å². The minimum absolute atomic E-state index is 0.0569. The molecule has 0 radical (unpaired) electrons. The molecule has 1 N–H and O–H groups in total. The summed E-state index contributed by atoms with van der Waals surface area (Å²) in [6, 6.07) is 13.7. The van der Waals surface area contributed by atoms with Gasteiger partial charge in [0.15, 0.2) is 5.82 Å². The van der Waals surface area contributed by atoms with Gasteiger partial charge in [-0.2, -0.15) is 4.98 Å². The van der Waals surface area contributed by atoms with E-state index in [1.807, 2.05) is 13.8 Å². The van der Waals surface area contributed by atoms with Crippen molar-refractivity contribution in [1.82, 2.24) is 10.1 Å². The summed E-state index contributed by atoms with van der Waals surface area (Å²) in [4.78, 5) is 15.6. The van der Waals surface area contributed by atoms with Crippen LogP contribution in [-0.2, 0) is 10.0 Å². The van der Waals surface area contributed by atoms with Gasteiger partial charge in [-0.25, -0.2) is 13.2 Å². The molecule has 0 aliphatic heterocycles. The molecule has 4 rings (SSSR count). The first-order valence-corrected chi connectivity index (χ1v) is 10.3. The first-order chi connectivity index (χ1) is 13.8. The Morgan fingerprint density at radius 1 is 1.00 bits per heavy atom. The topological polar surface area (TPSA) is 115 Å². The van der Waals surface area contributed by atoms with Gasteiger partial charge in [-0.05, 0) is 48.5 Å². The maximum absolute atomic E-state index is 12.7. The third-order valence-corrected chi connectivity index (χ3v) is 5.62. The Labute approximate surface area is 166 Å². The molecule has 0 unspecified atom stereocenters. The zero-order chi connectivity index (χ0) is 20.6. The molecule has 0 fully saturated rings. The van der Waals surface area contributed by atoms with Gasteiger partial charge in [-0.3, -0.25) is 4.72 Å². The van der Waals surface area contributed by atoms with Gasteiger partial charge in [0, 0.05) is 28.6 Å². The zero-order valence-corrected chi connectivity index (χ0v) is 16.4. The van der Waals surface area contributed by atoms with Crippen LogP contribution in [0, 0.1) is 0 Å². The van der Waals surface area contributed by atoms with Gasteiger partial charge < -0.3 is 8.94 Å². The number of rotatable bonds is 5. The lowest BCUT2D eigenvalue weighted by Crippen LogP contribution is -2.12. The summed E-state index contributed by atoms with van der Waals surface area (Å²) in [6.07, 6.45) is 0. The molecule has 0 aliphatic carbocycles. The monoisotopic (exact) mass is 411 g/mol. The van der Waals surface area contributed by atoms with Crippen LogP contribution in [0.5, 0.6) is 0 Å². The van der Waals surface area contributed by atoms with Gasteiger partial charge in [0.1, 0.15) is 5.58 Å². The summed E-state index contributed by atoms with van der Waals surface area (Å²) in [5, 5.41) is 4.43. The zero-order valence-electron chi connectivity index (χ0n) is 15.6. The van der Waals surface area contributed by atoms with Crippen LogP contribution < -0.4 is 10.3 Å². The predicted octanol–water partition coefficient (Wildman–Crippen LogP) is 3.77. The van der Waals surface area contributed by atoms with Crippen LogP contribution in [0.15, 0.2) is 73.2 Å². The standard InChI is InChI=1S/C20H17N3O5S/c1-12(2)19-21-20(28-22-19)13-3-6-15(7-4-13)23-29(25,26)16-8-9-17-14(11-16)5-10-18(24)27-17/h3-12,23H,1-2H3. The molecule has 9 heteroatoms. The second-order valence-corrected chi connectivity index (χ2v) is 8.43. The van der Waals surface area contributed by atoms with Crippen molar-refractivity contribution in [2.24, 2.45) is 0 Å². The fourth-order valence-corrected chi connectivity index (χ4v) is 3.79. The first-order valence-electron chi connectivity index (χ1n) is 8.82. The Morgan fingerprint density at radius 3 is 2.45 bits per heavy atom. The average Bonchev–Trinajstić information content (AvgIpc) is 3.18. The number of nitrogens with zero attached hydrogens (tertiary/aromatic N) is 2. The molecule has 0 bridgehead atoms. The number of sulfonamides is 1. The van der Waals surface area contributed by atoms with Gasteiger partial charge >= 0.3 is 5.63 Å². The molecule has 0 aliphatic rings. The van der Waals surface area contributed by atoms with Crippen molar-refractivity contribution in [3.8, 4) is 11.5 Å². The Hall–Kier alpha value is -3.46. The summed E-state index contributed by atoms with van der Waals surface area (Å²) in [5.74, 6) is 1.13. The molecule has 4 aromatic rings. The molecule has 8 nitrogen and oxygen atoms in total. The lowest BCUT2D eigenvalue weighted by atomic mass is 10.2. The van der Waals surface area contributed by atoms with Crippen LogP contribution in [0.2, 0.25) is 0 Å². The smallest absolute Gasteiger partial charge is 0.336 e. The van der Waals surface area contributed by atoms with Crippen molar-refractivity contribution >= 4 is 26.7 Å².